The van der Waals surface area contributed by atoms with E-state index in [1.54, 1.807) is 11.8 Å². The zero-order valence-corrected chi connectivity index (χ0v) is 15.9. The van der Waals surface area contributed by atoms with Crippen LogP contribution in [-0.2, 0) is 11.2 Å². The quantitative estimate of drug-likeness (QED) is 0.793. The molecule has 1 saturated heterocycles. The SMILES string of the molecule is CSC(C)(C)[C@H](N)C(=O)NC1CCN(CCc2ccccc2)CC1. The van der Waals surface area contributed by atoms with Gasteiger partial charge in [-0.1, -0.05) is 30.3 Å². The van der Waals surface area contributed by atoms with E-state index in [9.17, 15) is 4.79 Å². The molecular formula is C19H31N3OS. The fourth-order valence-electron chi connectivity index (χ4n) is 2.97. The molecule has 0 spiro atoms. The van der Waals surface area contributed by atoms with E-state index < -0.39 is 6.04 Å². The molecule has 5 heteroatoms. The molecule has 1 aliphatic rings. The van der Waals surface area contributed by atoms with Crippen molar-refractivity contribution >= 4 is 17.7 Å². The van der Waals surface area contributed by atoms with E-state index in [2.05, 4.69) is 40.5 Å². The molecule has 0 unspecified atom stereocenters. The minimum Gasteiger partial charge on any atom is -0.352 e. The Labute approximate surface area is 150 Å². The Morgan fingerprint density at radius 1 is 1.33 bits per heavy atom. The zero-order valence-electron chi connectivity index (χ0n) is 15.1. The van der Waals surface area contributed by atoms with Crippen molar-refractivity contribution in [2.75, 3.05) is 25.9 Å². The number of nitrogens with two attached hydrogens (primary N) is 1. The van der Waals surface area contributed by atoms with Crippen LogP contribution in [0.25, 0.3) is 0 Å². The Morgan fingerprint density at radius 2 is 1.96 bits per heavy atom. The van der Waals surface area contributed by atoms with Gasteiger partial charge in [-0.15, -0.1) is 0 Å². The molecule has 0 saturated carbocycles. The predicted molar refractivity (Wildman–Crippen MR) is 103 cm³/mol. The number of likely N-dealkylation sites (tertiary alicyclic amines) is 1. The standard InChI is InChI=1S/C19H31N3OS/c1-19(2,24-3)17(20)18(23)21-16-10-13-22(14-11-16)12-9-15-7-5-4-6-8-15/h4-8,16-17H,9-14,20H2,1-3H3,(H,21,23)/t17-/m1/s1. The molecule has 24 heavy (non-hydrogen) atoms. The maximum absolute atomic E-state index is 12.3. The predicted octanol–water partition coefficient (Wildman–Crippen LogP) is 2.28. The van der Waals surface area contributed by atoms with Gasteiger partial charge >= 0.3 is 0 Å². The van der Waals surface area contributed by atoms with Gasteiger partial charge in [-0.2, -0.15) is 11.8 Å². The summed E-state index contributed by atoms with van der Waals surface area (Å²) >= 11 is 1.64. The number of benzene rings is 1. The maximum Gasteiger partial charge on any atom is 0.238 e. The van der Waals surface area contributed by atoms with Crippen LogP contribution >= 0.6 is 11.8 Å². The van der Waals surface area contributed by atoms with Gasteiger partial charge in [0.15, 0.2) is 0 Å². The smallest absolute Gasteiger partial charge is 0.238 e. The van der Waals surface area contributed by atoms with Gasteiger partial charge < -0.3 is 16.0 Å². The normalized spacial score (nSPS) is 18.3. The average Bonchev–Trinajstić information content (AvgIpc) is 2.61. The fourth-order valence-corrected chi connectivity index (χ4v) is 3.33. The lowest BCUT2D eigenvalue weighted by atomic mass is 10.0. The average molecular weight is 350 g/mol. The van der Waals surface area contributed by atoms with Gasteiger partial charge in [-0.05, 0) is 44.9 Å². The van der Waals surface area contributed by atoms with Gasteiger partial charge in [0.1, 0.15) is 0 Å². The second-order valence-corrected chi connectivity index (χ2v) is 8.61. The Morgan fingerprint density at radius 3 is 2.54 bits per heavy atom. The summed E-state index contributed by atoms with van der Waals surface area (Å²) in [6.07, 6.45) is 5.10. The Hall–Kier alpha value is -1.04. The van der Waals surface area contributed by atoms with E-state index in [0.29, 0.717) is 0 Å². The topological polar surface area (TPSA) is 58.4 Å². The lowest BCUT2D eigenvalue weighted by Gasteiger charge is -2.34. The van der Waals surface area contributed by atoms with Crippen LogP contribution in [0.3, 0.4) is 0 Å². The number of rotatable bonds is 7. The van der Waals surface area contributed by atoms with E-state index in [4.69, 9.17) is 5.73 Å². The van der Waals surface area contributed by atoms with E-state index >= 15 is 0 Å². The number of thioether (sulfide) groups is 1. The summed E-state index contributed by atoms with van der Waals surface area (Å²) < 4.78 is -0.236. The third-order valence-corrected chi connectivity index (χ3v) is 6.36. The number of hydrogen-bond acceptors (Lipinski definition) is 4. The maximum atomic E-state index is 12.3. The highest BCUT2D eigenvalue weighted by Crippen LogP contribution is 2.24. The number of nitrogens with one attached hydrogen (secondary N) is 1. The van der Waals surface area contributed by atoms with Gasteiger partial charge in [-0.25, -0.2) is 0 Å². The Kier molecular flexibility index (Phi) is 7.14. The van der Waals surface area contributed by atoms with Crippen LogP contribution in [0.1, 0.15) is 32.3 Å². The Balaban J connectivity index is 1.72. The van der Waals surface area contributed by atoms with Crippen LogP contribution in [0.15, 0.2) is 30.3 Å². The van der Waals surface area contributed by atoms with Crippen LogP contribution in [-0.4, -0.2) is 53.5 Å². The molecule has 2 rings (SSSR count). The zero-order chi connectivity index (χ0) is 17.6. The molecule has 1 heterocycles. The fraction of sp³-hybridized carbons (Fsp3) is 0.632. The monoisotopic (exact) mass is 349 g/mol. The molecule has 0 bridgehead atoms. The number of carbonyl (C=O) groups is 1. The summed E-state index contributed by atoms with van der Waals surface area (Å²) in [7, 11) is 0. The first-order valence-corrected chi connectivity index (χ1v) is 10.0. The minimum atomic E-state index is -0.469. The molecule has 0 aromatic heterocycles. The van der Waals surface area contributed by atoms with Gasteiger partial charge in [0.25, 0.3) is 0 Å². The van der Waals surface area contributed by atoms with Crippen molar-refractivity contribution in [2.45, 2.75) is 49.9 Å². The summed E-state index contributed by atoms with van der Waals surface area (Å²) in [5, 5.41) is 3.15. The van der Waals surface area contributed by atoms with Crippen molar-refractivity contribution in [3.8, 4) is 0 Å². The second kappa shape index (κ2) is 8.88. The Bertz CT molecular complexity index is 513. The highest BCUT2D eigenvalue weighted by atomic mass is 32.2. The number of nitrogens with zero attached hydrogens (tertiary/aromatic N) is 1. The molecule has 1 aromatic rings. The highest BCUT2D eigenvalue weighted by Gasteiger charge is 2.32. The van der Waals surface area contributed by atoms with Crippen molar-refractivity contribution < 1.29 is 4.79 Å². The third-order valence-electron chi connectivity index (χ3n) is 5.05. The second-order valence-electron chi connectivity index (χ2n) is 7.15. The lowest BCUT2D eigenvalue weighted by molar-refractivity contribution is -0.123. The highest BCUT2D eigenvalue weighted by molar-refractivity contribution is 8.00. The molecule has 1 atom stereocenters. The molecule has 4 nitrogen and oxygen atoms in total. The van der Waals surface area contributed by atoms with Crippen LogP contribution in [0.2, 0.25) is 0 Å². The van der Waals surface area contributed by atoms with Gasteiger partial charge in [0.05, 0.1) is 6.04 Å². The molecular weight excluding hydrogens is 318 g/mol. The van der Waals surface area contributed by atoms with Gasteiger partial charge in [0, 0.05) is 30.4 Å². The van der Waals surface area contributed by atoms with Crippen LogP contribution in [0.5, 0.6) is 0 Å². The molecule has 134 valence electrons. The van der Waals surface area contributed by atoms with E-state index in [-0.39, 0.29) is 16.7 Å². The first kappa shape index (κ1) is 19.3. The van der Waals surface area contributed by atoms with Crippen LogP contribution < -0.4 is 11.1 Å². The molecule has 1 fully saturated rings. The van der Waals surface area contributed by atoms with Gasteiger partial charge in [-0.3, -0.25) is 4.79 Å². The number of piperidine rings is 1. The number of hydrogen-bond donors (Lipinski definition) is 2. The molecule has 1 amide bonds. The minimum absolute atomic E-state index is 0.0166. The van der Waals surface area contributed by atoms with Crippen LogP contribution in [0, 0.1) is 0 Å². The lowest BCUT2D eigenvalue weighted by Crippen LogP contribution is -2.55. The molecule has 0 radical (unpaired) electrons. The third kappa shape index (κ3) is 5.50. The number of amides is 1. The van der Waals surface area contributed by atoms with E-state index in [0.717, 1.165) is 38.9 Å². The van der Waals surface area contributed by atoms with Crippen molar-refractivity contribution in [3.05, 3.63) is 35.9 Å². The number of carbonyl (C=O) groups excluding carboxylic acids is 1. The summed E-state index contributed by atoms with van der Waals surface area (Å²) in [6, 6.07) is 10.4. The molecule has 1 aromatic carbocycles. The van der Waals surface area contributed by atoms with Crippen LogP contribution in [0.4, 0.5) is 0 Å². The van der Waals surface area contributed by atoms with Crippen molar-refractivity contribution in [2.24, 2.45) is 5.73 Å². The van der Waals surface area contributed by atoms with E-state index in [1.807, 2.05) is 20.1 Å². The summed E-state index contributed by atoms with van der Waals surface area (Å²) in [5.41, 5.74) is 7.51. The summed E-state index contributed by atoms with van der Waals surface area (Å²) in [6.45, 7) is 7.21. The van der Waals surface area contributed by atoms with E-state index in [1.165, 1.54) is 5.56 Å². The molecule has 3 N–H and O–H groups in total. The van der Waals surface area contributed by atoms with Crippen molar-refractivity contribution in [3.63, 3.8) is 0 Å². The van der Waals surface area contributed by atoms with Crippen molar-refractivity contribution in [1.29, 1.82) is 0 Å². The summed E-state index contributed by atoms with van der Waals surface area (Å²) in [5.74, 6) is -0.0166. The largest absolute Gasteiger partial charge is 0.352 e. The molecule has 1 aliphatic heterocycles. The van der Waals surface area contributed by atoms with Crippen molar-refractivity contribution in [1.82, 2.24) is 10.2 Å². The van der Waals surface area contributed by atoms with Gasteiger partial charge in [0.2, 0.25) is 5.91 Å². The first-order chi connectivity index (χ1) is 11.4. The first-order valence-electron chi connectivity index (χ1n) is 8.80. The molecule has 0 aliphatic carbocycles. The summed E-state index contributed by atoms with van der Waals surface area (Å²) in [4.78, 5) is 14.8.